The van der Waals surface area contributed by atoms with Crippen molar-refractivity contribution in [3.05, 3.63) is 46.8 Å². The number of ether oxygens (including phenoxy) is 3. The first-order chi connectivity index (χ1) is 15.7. The Bertz CT molecular complexity index is 1050. The monoisotopic (exact) mass is 471 g/mol. The lowest BCUT2D eigenvalue weighted by Gasteiger charge is -2.38. The number of amides is 1. The van der Waals surface area contributed by atoms with E-state index in [2.05, 4.69) is 6.07 Å². The largest absolute Gasteiger partial charge is 0.478 e. The molecule has 0 spiro atoms. The molecule has 0 radical (unpaired) electrons. The van der Waals surface area contributed by atoms with Gasteiger partial charge in [0.25, 0.3) is 0 Å². The molecule has 0 aliphatic carbocycles. The van der Waals surface area contributed by atoms with Gasteiger partial charge in [-0.15, -0.1) is 11.3 Å². The van der Waals surface area contributed by atoms with Crippen LogP contribution < -0.4 is 4.74 Å². The molecule has 1 amide bonds. The number of thiophene rings is 1. The molecule has 7 nitrogen and oxygen atoms in total. The Labute approximate surface area is 197 Å². The van der Waals surface area contributed by atoms with Crippen molar-refractivity contribution in [2.24, 2.45) is 5.92 Å². The van der Waals surface area contributed by atoms with Crippen molar-refractivity contribution >= 4 is 29.5 Å². The molecule has 8 heteroatoms. The second-order valence-corrected chi connectivity index (χ2v) is 10.4. The molecular formula is C25H29NO6S. The van der Waals surface area contributed by atoms with E-state index in [1.54, 1.807) is 11.0 Å². The van der Waals surface area contributed by atoms with Gasteiger partial charge in [0.15, 0.2) is 0 Å². The molecule has 1 aromatic carbocycles. The molecule has 0 bridgehead atoms. The van der Waals surface area contributed by atoms with Crippen LogP contribution in [0.15, 0.2) is 36.4 Å². The van der Waals surface area contributed by atoms with Gasteiger partial charge < -0.3 is 24.2 Å². The number of fused-ring (bicyclic) bond motifs is 1. The number of carbonyl (C=O) groups is 2. The zero-order valence-corrected chi connectivity index (χ0v) is 19.9. The zero-order chi connectivity index (χ0) is 23.6. The summed E-state index contributed by atoms with van der Waals surface area (Å²) in [4.78, 5) is 26.7. The summed E-state index contributed by atoms with van der Waals surface area (Å²) in [6, 6.07) is 9.95. The number of likely N-dealkylation sites (tertiary alicyclic amines) is 1. The van der Waals surface area contributed by atoms with Crippen LogP contribution in [0, 0.1) is 5.92 Å². The Morgan fingerprint density at radius 2 is 1.94 bits per heavy atom. The molecule has 1 fully saturated rings. The van der Waals surface area contributed by atoms with Crippen LogP contribution in [0.1, 0.15) is 44.1 Å². The maximum absolute atomic E-state index is 12.3. The number of carboxylic acid groups (broad SMARTS) is 1. The number of piperidine rings is 1. The molecule has 1 atom stereocenters. The summed E-state index contributed by atoms with van der Waals surface area (Å²) in [5.74, 6) is 0.0858. The summed E-state index contributed by atoms with van der Waals surface area (Å²) in [5, 5.41) is 8.79. The van der Waals surface area contributed by atoms with E-state index >= 15 is 0 Å². The van der Waals surface area contributed by atoms with E-state index in [4.69, 9.17) is 19.3 Å². The third-order valence-electron chi connectivity index (χ3n) is 5.58. The van der Waals surface area contributed by atoms with Crippen LogP contribution in [-0.2, 0) is 20.9 Å². The Balaban J connectivity index is 1.35. The SMILES string of the molecule is CC(C)(C)OC(=O)N1CCC(C2OCc3cc(-c4ccc(/C=C/C(=O)O)s4)ccc3O2)CC1. The fourth-order valence-electron chi connectivity index (χ4n) is 3.96. The maximum Gasteiger partial charge on any atom is 0.410 e. The number of hydrogen-bond acceptors (Lipinski definition) is 6. The summed E-state index contributed by atoms with van der Waals surface area (Å²) in [7, 11) is 0. The highest BCUT2D eigenvalue weighted by Crippen LogP contribution is 2.37. The van der Waals surface area contributed by atoms with Gasteiger partial charge >= 0.3 is 12.1 Å². The normalized spacial score (nSPS) is 19.2. The standard InChI is InChI=1S/C25H29NO6S/c1-25(2,3)32-24(29)26-12-10-16(11-13-26)23-30-15-18-14-17(4-7-20(18)31-23)21-8-5-19(33-21)6-9-22(27)28/h4-9,14,16,23H,10-13,15H2,1-3H3,(H,27,28)/b9-6+. The minimum absolute atomic E-state index is 0.220. The summed E-state index contributed by atoms with van der Waals surface area (Å²) in [5.41, 5.74) is 1.54. The van der Waals surface area contributed by atoms with Gasteiger partial charge in [0, 0.05) is 40.4 Å². The second-order valence-electron chi connectivity index (χ2n) is 9.30. The Morgan fingerprint density at radius 1 is 1.18 bits per heavy atom. The molecule has 33 heavy (non-hydrogen) atoms. The summed E-state index contributed by atoms with van der Waals surface area (Å²) in [6.45, 7) is 7.35. The number of rotatable bonds is 4. The summed E-state index contributed by atoms with van der Waals surface area (Å²) >= 11 is 1.53. The van der Waals surface area contributed by atoms with Gasteiger partial charge in [0.05, 0.1) is 6.61 Å². The van der Waals surface area contributed by atoms with Gasteiger partial charge in [-0.3, -0.25) is 0 Å². The van der Waals surface area contributed by atoms with Crippen LogP contribution in [0.4, 0.5) is 4.79 Å². The second kappa shape index (κ2) is 9.57. The van der Waals surface area contributed by atoms with Gasteiger partial charge in [0.2, 0.25) is 6.29 Å². The average molecular weight is 472 g/mol. The lowest BCUT2D eigenvalue weighted by atomic mass is 9.95. The quantitative estimate of drug-likeness (QED) is 0.602. The molecule has 176 valence electrons. The molecule has 3 heterocycles. The number of nitrogens with zero attached hydrogens (tertiary/aromatic N) is 1. The summed E-state index contributed by atoms with van der Waals surface area (Å²) in [6.07, 6.45) is 3.76. The molecule has 1 N–H and O–H groups in total. The van der Waals surface area contributed by atoms with Crippen molar-refractivity contribution in [3.63, 3.8) is 0 Å². The number of hydrogen-bond donors (Lipinski definition) is 1. The highest BCUT2D eigenvalue weighted by Gasteiger charge is 2.34. The first kappa shape index (κ1) is 23.3. The number of carboxylic acids is 1. The van der Waals surface area contributed by atoms with E-state index < -0.39 is 11.6 Å². The van der Waals surface area contributed by atoms with Crippen molar-refractivity contribution in [2.45, 2.75) is 52.1 Å². The molecule has 2 aliphatic rings. The molecule has 2 aliphatic heterocycles. The summed E-state index contributed by atoms with van der Waals surface area (Å²) < 4.78 is 17.7. The Kier molecular flexibility index (Phi) is 6.76. The van der Waals surface area contributed by atoms with Crippen molar-refractivity contribution in [1.29, 1.82) is 0 Å². The molecule has 1 unspecified atom stereocenters. The first-order valence-corrected chi connectivity index (χ1v) is 11.9. The predicted octanol–water partition coefficient (Wildman–Crippen LogP) is 5.40. The number of benzene rings is 1. The van der Waals surface area contributed by atoms with Gasteiger partial charge in [-0.1, -0.05) is 0 Å². The van der Waals surface area contributed by atoms with Crippen LogP contribution in [-0.4, -0.2) is 47.0 Å². The van der Waals surface area contributed by atoms with Crippen LogP contribution in [0.25, 0.3) is 16.5 Å². The lowest BCUT2D eigenvalue weighted by molar-refractivity contribution is -0.149. The zero-order valence-electron chi connectivity index (χ0n) is 19.1. The topological polar surface area (TPSA) is 85.3 Å². The van der Waals surface area contributed by atoms with Crippen molar-refractivity contribution in [2.75, 3.05) is 13.1 Å². The molecule has 4 rings (SSSR count). The fourth-order valence-corrected chi connectivity index (χ4v) is 4.86. The van der Waals surface area contributed by atoms with Crippen LogP contribution in [0.2, 0.25) is 0 Å². The van der Waals surface area contributed by atoms with E-state index in [9.17, 15) is 9.59 Å². The molecule has 1 saturated heterocycles. The van der Waals surface area contributed by atoms with Crippen molar-refractivity contribution in [3.8, 4) is 16.2 Å². The van der Waals surface area contributed by atoms with Crippen LogP contribution in [0.3, 0.4) is 0 Å². The first-order valence-electron chi connectivity index (χ1n) is 11.1. The average Bonchev–Trinajstić information content (AvgIpc) is 3.25. The van der Waals surface area contributed by atoms with E-state index in [1.165, 1.54) is 11.3 Å². The maximum atomic E-state index is 12.3. The fraction of sp³-hybridized carbons (Fsp3) is 0.440. The van der Waals surface area contributed by atoms with E-state index in [-0.39, 0.29) is 18.3 Å². The number of carbonyl (C=O) groups excluding carboxylic acids is 1. The Morgan fingerprint density at radius 3 is 2.64 bits per heavy atom. The van der Waals surface area contributed by atoms with Crippen LogP contribution in [0.5, 0.6) is 5.75 Å². The van der Waals surface area contributed by atoms with E-state index in [0.29, 0.717) is 19.7 Å². The van der Waals surface area contributed by atoms with Crippen molar-refractivity contribution in [1.82, 2.24) is 4.90 Å². The van der Waals surface area contributed by atoms with Gasteiger partial charge in [-0.05, 0) is 75.6 Å². The molecule has 2 aromatic rings. The Hall–Kier alpha value is -2.84. The minimum Gasteiger partial charge on any atom is -0.478 e. The third kappa shape index (κ3) is 5.94. The third-order valence-corrected chi connectivity index (χ3v) is 6.68. The van der Waals surface area contributed by atoms with Gasteiger partial charge in [-0.25, -0.2) is 9.59 Å². The predicted molar refractivity (Wildman–Crippen MR) is 126 cm³/mol. The molecule has 1 aromatic heterocycles. The van der Waals surface area contributed by atoms with Gasteiger partial charge in [0.1, 0.15) is 11.4 Å². The molecular weight excluding hydrogens is 442 g/mol. The van der Waals surface area contributed by atoms with E-state index in [1.807, 2.05) is 45.0 Å². The van der Waals surface area contributed by atoms with Gasteiger partial charge in [-0.2, -0.15) is 0 Å². The smallest absolute Gasteiger partial charge is 0.410 e. The van der Waals surface area contributed by atoms with Crippen LogP contribution >= 0.6 is 11.3 Å². The minimum atomic E-state index is -0.960. The molecule has 0 saturated carbocycles. The van der Waals surface area contributed by atoms with Crippen molar-refractivity contribution < 1.29 is 28.9 Å². The highest BCUT2D eigenvalue weighted by molar-refractivity contribution is 7.16. The number of aliphatic carboxylic acids is 1. The highest BCUT2D eigenvalue weighted by atomic mass is 32.1. The lowest BCUT2D eigenvalue weighted by Crippen LogP contribution is -2.45. The van der Waals surface area contributed by atoms with E-state index in [0.717, 1.165) is 45.5 Å².